The molecular weight excluding hydrogens is 357 g/mol. The van der Waals surface area contributed by atoms with Crippen molar-refractivity contribution in [2.45, 2.75) is 6.18 Å². The Balaban J connectivity index is 2.10. The van der Waals surface area contributed by atoms with Crippen molar-refractivity contribution in [3.05, 3.63) is 41.0 Å². The van der Waals surface area contributed by atoms with E-state index in [4.69, 9.17) is 10.5 Å². The van der Waals surface area contributed by atoms with Gasteiger partial charge in [-0.2, -0.15) is 13.2 Å². The molecule has 130 valence electrons. The minimum absolute atomic E-state index is 0.0105. The van der Waals surface area contributed by atoms with E-state index in [0.29, 0.717) is 5.69 Å². The monoisotopic (exact) mass is 368 g/mol. The molecule has 1 aromatic carbocycles. The average Bonchev–Trinajstić information content (AvgIpc) is 3.00. The number of aromatic nitrogens is 2. The van der Waals surface area contributed by atoms with E-state index in [1.807, 2.05) is 0 Å². The number of thiophene rings is 1. The van der Waals surface area contributed by atoms with Gasteiger partial charge in [-0.15, -0.1) is 11.3 Å². The molecule has 0 saturated carbocycles. The van der Waals surface area contributed by atoms with Crippen LogP contribution in [0.15, 0.2) is 29.9 Å². The number of fused-ring (bicyclic) bond motifs is 1. The molecule has 6 nitrogen and oxygen atoms in total. The number of halogens is 3. The Labute approximate surface area is 143 Å². The lowest BCUT2D eigenvalue weighted by atomic mass is 10.1. The normalized spacial score (nSPS) is 11.5. The number of carbonyl (C=O) groups is 1. The van der Waals surface area contributed by atoms with Crippen LogP contribution in [0, 0.1) is 0 Å². The molecule has 2 heterocycles. The first-order valence-electron chi connectivity index (χ1n) is 6.85. The molecule has 3 aromatic rings. The second kappa shape index (κ2) is 6.20. The molecule has 25 heavy (non-hydrogen) atoms. The predicted molar refractivity (Wildman–Crippen MR) is 87.2 cm³/mol. The van der Waals surface area contributed by atoms with E-state index in [1.165, 1.54) is 31.6 Å². The number of nitrogens with zero attached hydrogens (tertiary/aromatic N) is 2. The van der Waals surface area contributed by atoms with Crippen molar-refractivity contribution >= 4 is 39.0 Å². The first-order chi connectivity index (χ1) is 11.8. The number of nitrogens with one attached hydrogen (secondary N) is 1. The zero-order chi connectivity index (χ0) is 18.2. The van der Waals surface area contributed by atoms with Crippen molar-refractivity contribution in [2.75, 3.05) is 12.4 Å². The van der Waals surface area contributed by atoms with Crippen molar-refractivity contribution in [2.24, 2.45) is 5.73 Å². The highest BCUT2D eigenvalue weighted by Crippen LogP contribution is 2.41. The van der Waals surface area contributed by atoms with Gasteiger partial charge in [-0.05, 0) is 18.2 Å². The highest BCUT2D eigenvalue weighted by molar-refractivity contribution is 7.17. The third kappa shape index (κ3) is 3.20. The number of primary amides is 1. The van der Waals surface area contributed by atoms with Crippen LogP contribution in [0.4, 0.5) is 24.7 Å². The van der Waals surface area contributed by atoms with Crippen LogP contribution in [0.25, 0.3) is 10.2 Å². The number of anilines is 2. The number of benzene rings is 1. The molecule has 0 saturated heterocycles. The van der Waals surface area contributed by atoms with Crippen LogP contribution in [0.5, 0.6) is 5.75 Å². The number of ether oxygens (including phenoxy) is 1. The fourth-order valence-corrected chi connectivity index (χ4v) is 3.17. The van der Waals surface area contributed by atoms with Crippen molar-refractivity contribution in [3.8, 4) is 5.75 Å². The van der Waals surface area contributed by atoms with Crippen LogP contribution in [-0.4, -0.2) is 23.0 Å². The molecule has 0 aliphatic carbocycles. The predicted octanol–water partition coefficient (Wildman–Crippen LogP) is 3.56. The fourth-order valence-electron chi connectivity index (χ4n) is 2.25. The summed E-state index contributed by atoms with van der Waals surface area (Å²) in [7, 11) is 1.37. The number of rotatable bonds is 4. The van der Waals surface area contributed by atoms with E-state index in [-0.39, 0.29) is 27.3 Å². The van der Waals surface area contributed by atoms with Crippen LogP contribution in [0.3, 0.4) is 0 Å². The number of hydrogen-bond acceptors (Lipinski definition) is 6. The van der Waals surface area contributed by atoms with Gasteiger partial charge in [0.05, 0.1) is 23.7 Å². The minimum atomic E-state index is -4.53. The molecule has 1 amide bonds. The molecule has 3 rings (SSSR count). The Bertz CT molecular complexity index is 956. The zero-order valence-electron chi connectivity index (χ0n) is 12.7. The van der Waals surface area contributed by atoms with Gasteiger partial charge in [-0.1, -0.05) is 0 Å². The van der Waals surface area contributed by atoms with E-state index in [1.54, 1.807) is 0 Å². The van der Waals surface area contributed by atoms with Gasteiger partial charge in [0, 0.05) is 10.9 Å². The van der Waals surface area contributed by atoms with E-state index in [9.17, 15) is 18.0 Å². The van der Waals surface area contributed by atoms with Crippen LogP contribution in [-0.2, 0) is 6.18 Å². The second-order valence-corrected chi connectivity index (χ2v) is 5.81. The summed E-state index contributed by atoms with van der Waals surface area (Å²) in [4.78, 5) is 19.2. The SMILES string of the molecule is COc1cc(C(N)=O)ccc1Nc1ncnc2scc(C(F)(F)F)c12. The molecule has 0 atom stereocenters. The summed E-state index contributed by atoms with van der Waals surface area (Å²) in [5.74, 6) is -0.415. The van der Waals surface area contributed by atoms with Crippen LogP contribution >= 0.6 is 11.3 Å². The Morgan fingerprint density at radius 3 is 2.72 bits per heavy atom. The maximum Gasteiger partial charge on any atom is 0.418 e. The van der Waals surface area contributed by atoms with Crippen molar-refractivity contribution in [1.29, 1.82) is 0 Å². The highest BCUT2D eigenvalue weighted by atomic mass is 32.1. The molecule has 0 aliphatic rings. The molecule has 0 fully saturated rings. The van der Waals surface area contributed by atoms with E-state index in [0.717, 1.165) is 16.7 Å². The second-order valence-electron chi connectivity index (χ2n) is 4.95. The van der Waals surface area contributed by atoms with Crippen LogP contribution < -0.4 is 15.8 Å². The Kier molecular flexibility index (Phi) is 4.21. The molecular formula is C15H11F3N4O2S. The van der Waals surface area contributed by atoms with Crippen molar-refractivity contribution in [3.63, 3.8) is 0 Å². The Hall–Kier alpha value is -2.88. The summed E-state index contributed by atoms with van der Waals surface area (Å²) < 4.78 is 44.8. The maximum atomic E-state index is 13.2. The largest absolute Gasteiger partial charge is 0.495 e. The third-order valence-corrected chi connectivity index (χ3v) is 4.30. The quantitative estimate of drug-likeness (QED) is 0.735. The molecule has 0 bridgehead atoms. The Morgan fingerprint density at radius 2 is 2.08 bits per heavy atom. The minimum Gasteiger partial charge on any atom is -0.495 e. The van der Waals surface area contributed by atoms with Gasteiger partial charge >= 0.3 is 6.18 Å². The number of carbonyl (C=O) groups excluding carboxylic acids is 1. The summed E-state index contributed by atoms with van der Waals surface area (Å²) >= 11 is 0.878. The van der Waals surface area contributed by atoms with E-state index in [2.05, 4.69) is 15.3 Å². The van der Waals surface area contributed by atoms with Crippen LogP contribution in [0.1, 0.15) is 15.9 Å². The van der Waals surface area contributed by atoms with Gasteiger partial charge in [0.1, 0.15) is 22.7 Å². The number of methoxy groups -OCH3 is 1. The number of hydrogen-bond donors (Lipinski definition) is 2. The van der Waals surface area contributed by atoms with Gasteiger partial charge in [0.15, 0.2) is 0 Å². The van der Waals surface area contributed by atoms with Crippen LogP contribution in [0.2, 0.25) is 0 Å². The summed E-state index contributed by atoms with van der Waals surface area (Å²) in [6.07, 6.45) is -3.36. The summed E-state index contributed by atoms with van der Waals surface area (Å²) in [6.45, 7) is 0. The molecule has 0 aliphatic heterocycles. The molecule has 3 N–H and O–H groups in total. The summed E-state index contributed by atoms with van der Waals surface area (Å²) in [5.41, 5.74) is 4.94. The lowest BCUT2D eigenvalue weighted by Crippen LogP contribution is -2.11. The number of amides is 1. The van der Waals surface area contributed by atoms with E-state index < -0.39 is 17.6 Å². The standard InChI is InChI=1S/C15H11F3N4O2S/c1-24-10-4-7(12(19)23)2-3-9(10)22-13-11-8(15(16,17)18)5-25-14(11)21-6-20-13/h2-6H,1H3,(H2,19,23)(H,20,21,22). The molecule has 0 spiro atoms. The van der Waals surface area contributed by atoms with Crippen molar-refractivity contribution in [1.82, 2.24) is 9.97 Å². The lowest BCUT2D eigenvalue weighted by molar-refractivity contribution is -0.136. The lowest BCUT2D eigenvalue weighted by Gasteiger charge is -2.13. The number of nitrogens with two attached hydrogens (primary N) is 1. The zero-order valence-corrected chi connectivity index (χ0v) is 13.5. The molecule has 0 radical (unpaired) electrons. The average molecular weight is 368 g/mol. The summed E-state index contributed by atoms with van der Waals surface area (Å²) in [5, 5.41) is 3.68. The van der Waals surface area contributed by atoms with Gasteiger partial charge in [0.2, 0.25) is 5.91 Å². The summed E-state index contributed by atoms with van der Waals surface area (Å²) in [6, 6.07) is 4.30. The number of alkyl halides is 3. The first-order valence-corrected chi connectivity index (χ1v) is 7.73. The molecule has 2 aromatic heterocycles. The molecule has 0 unspecified atom stereocenters. The highest BCUT2D eigenvalue weighted by Gasteiger charge is 2.35. The van der Waals surface area contributed by atoms with Gasteiger partial charge in [0.25, 0.3) is 0 Å². The van der Waals surface area contributed by atoms with E-state index >= 15 is 0 Å². The topological polar surface area (TPSA) is 90.1 Å². The molecule has 10 heteroatoms. The van der Waals surface area contributed by atoms with Crippen molar-refractivity contribution < 1.29 is 22.7 Å². The van der Waals surface area contributed by atoms with Gasteiger partial charge in [-0.3, -0.25) is 4.79 Å². The van der Waals surface area contributed by atoms with Gasteiger partial charge in [-0.25, -0.2) is 9.97 Å². The first kappa shape index (κ1) is 17.0. The maximum absolute atomic E-state index is 13.2. The fraction of sp³-hybridized carbons (Fsp3) is 0.133. The Morgan fingerprint density at radius 1 is 1.32 bits per heavy atom. The smallest absolute Gasteiger partial charge is 0.418 e. The van der Waals surface area contributed by atoms with Gasteiger partial charge < -0.3 is 15.8 Å². The third-order valence-electron chi connectivity index (χ3n) is 3.41.